The topological polar surface area (TPSA) is 76.8 Å². The van der Waals surface area contributed by atoms with Crippen molar-refractivity contribution in [3.8, 4) is 12.1 Å². The first-order valence-electron chi connectivity index (χ1n) is 5.16. The maximum Gasteiger partial charge on any atom is 0.0879 e. The molecule has 0 saturated carbocycles. The molecule has 5 heteroatoms. The Bertz CT molecular complexity index is 431. The summed E-state index contributed by atoms with van der Waals surface area (Å²) in [6.07, 6.45) is 0. The van der Waals surface area contributed by atoms with Crippen molar-refractivity contribution in [2.75, 3.05) is 19.6 Å². The predicted octanol–water partition coefficient (Wildman–Crippen LogP) is 1.80. The number of benzene rings is 1. The molecule has 0 spiro atoms. The molecule has 2 N–H and O–H groups in total. The van der Waals surface area contributed by atoms with E-state index in [2.05, 4.69) is 28.1 Å². The standard InChI is InChI=1S/C12H13BrN4/c13-11-3-1-2-10(8-11)12(9-16)17(6-4-14)7-5-15/h1-3,8,12H,6-7,9,16H2. The summed E-state index contributed by atoms with van der Waals surface area (Å²) >= 11 is 3.40. The second-order valence-corrected chi connectivity index (χ2v) is 4.44. The van der Waals surface area contributed by atoms with Gasteiger partial charge in [-0.1, -0.05) is 28.1 Å². The van der Waals surface area contributed by atoms with Gasteiger partial charge in [-0.15, -0.1) is 0 Å². The third-order valence-electron chi connectivity index (χ3n) is 2.45. The van der Waals surface area contributed by atoms with Gasteiger partial charge in [-0.2, -0.15) is 10.5 Å². The summed E-state index contributed by atoms with van der Waals surface area (Å²) in [6.45, 7) is 0.768. The van der Waals surface area contributed by atoms with E-state index in [9.17, 15) is 0 Å². The largest absolute Gasteiger partial charge is 0.329 e. The fourth-order valence-corrected chi connectivity index (χ4v) is 2.08. The van der Waals surface area contributed by atoms with Gasteiger partial charge in [0.15, 0.2) is 0 Å². The second kappa shape index (κ2) is 7.03. The molecule has 0 amide bonds. The molecule has 0 aliphatic heterocycles. The van der Waals surface area contributed by atoms with Crippen LogP contribution in [0.3, 0.4) is 0 Å². The van der Waals surface area contributed by atoms with Crippen LogP contribution >= 0.6 is 15.9 Å². The molecule has 0 aliphatic carbocycles. The Hall–Kier alpha value is -1.40. The first-order valence-corrected chi connectivity index (χ1v) is 5.95. The average Bonchev–Trinajstić information content (AvgIpc) is 2.31. The Morgan fingerprint density at radius 2 is 1.94 bits per heavy atom. The van der Waals surface area contributed by atoms with Gasteiger partial charge in [-0.05, 0) is 17.7 Å². The maximum absolute atomic E-state index is 8.76. The van der Waals surface area contributed by atoms with Crippen molar-refractivity contribution < 1.29 is 0 Å². The molecule has 1 rings (SSSR count). The van der Waals surface area contributed by atoms with Crippen molar-refractivity contribution in [1.82, 2.24) is 4.90 Å². The Labute approximate surface area is 109 Å². The molecule has 1 aromatic rings. The van der Waals surface area contributed by atoms with Crippen molar-refractivity contribution in [1.29, 1.82) is 10.5 Å². The number of nitrogens with zero attached hydrogens (tertiary/aromatic N) is 3. The molecule has 0 fully saturated rings. The summed E-state index contributed by atoms with van der Waals surface area (Å²) in [7, 11) is 0. The van der Waals surface area contributed by atoms with Crippen LogP contribution in [0.2, 0.25) is 0 Å². The van der Waals surface area contributed by atoms with E-state index < -0.39 is 0 Å². The first kappa shape index (κ1) is 13.7. The molecule has 1 aromatic carbocycles. The molecular weight excluding hydrogens is 280 g/mol. The minimum atomic E-state index is -0.105. The quantitative estimate of drug-likeness (QED) is 0.840. The fourth-order valence-electron chi connectivity index (χ4n) is 1.67. The van der Waals surface area contributed by atoms with Crippen molar-refractivity contribution >= 4 is 15.9 Å². The lowest BCUT2D eigenvalue weighted by atomic mass is 10.1. The Morgan fingerprint density at radius 1 is 1.29 bits per heavy atom. The van der Waals surface area contributed by atoms with Crippen LogP contribution in [0, 0.1) is 22.7 Å². The lowest BCUT2D eigenvalue weighted by Gasteiger charge is -2.26. The van der Waals surface area contributed by atoms with E-state index in [1.807, 2.05) is 24.3 Å². The molecule has 0 saturated heterocycles. The zero-order valence-corrected chi connectivity index (χ0v) is 10.9. The molecule has 0 aromatic heterocycles. The van der Waals surface area contributed by atoms with Crippen LogP contribution in [0.25, 0.3) is 0 Å². The van der Waals surface area contributed by atoms with Crippen LogP contribution < -0.4 is 5.73 Å². The van der Waals surface area contributed by atoms with E-state index in [4.69, 9.17) is 16.3 Å². The summed E-state index contributed by atoms with van der Waals surface area (Å²) in [5.41, 5.74) is 6.75. The van der Waals surface area contributed by atoms with Crippen LogP contribution in [0.1, 0.15) is 11.6 Å². The van der Waals surface area contributed by atoms with Crippen LogP contribution in [0.5, 0.6) is 0 Å². The summed E-state index contributed by atoms with van der Waals surface area (Å²) in [6, 6.07) is 11.8. The van der Waals surface area contributed by atoms with E-state index in [0.717, 1.165) is 10.0 Å². The van der Waals surface area contributed by atoms with E-state index in [1.54, 1.807) is 4.90 Å². The van der Waals surface area contributed by atoms with Gasteiger partial charge in [0.1, 0.15) is 0 Å². The second-order valence-electron chi connectivity index (χ2n) is 3.53. The number of halogens is 1. The molecule has 0 radical (unpaired) electrons. The molecular formula is C12H13BrN4. The molecule has 0 heterocycles. The van der Waals surface area contributed by atoms with Crippen molar-refractivity contribution in [3.63, 3.8) is 0 Å². The van der Waals surface area contributed by atoms with Crippen molar-refractivity contribution in [2.45, 2.75) is 6.04 Å². The number of nitriles is 2. The van der Waals surface area contributed by atoms with Gasteiger partial charge in [0, 0.05) is 17.1 Å². The van der Waals surface area contributed by atoms with Crippen molar-refractivity contribution in [2.24, 2.45) is 5.73 Å². The average molecular weight is 293 g/mol. The number of rotatable bonds is 5. The monoisotopic (exact) mass is 292 g/mol. The minimum Gasteiger partial charge on any atom is -0.329 e. The van der Waals surface area contributed by atoms with Crippen LogP contribution in [-0.4, -0.2) is 24.5 Å². The van der Waals surface area contributed by atoms with Gasteiger partial charge in [-0.3, -0.25) is 4.90 Å². The molecule has 88 valence electrons. The Morgan fingerprint density at radius 3 is 2.41 bits per heavy atom. The van der Waals surface area contributed by atoms with E-state index in [1.165, 1.54) is 0 Å². The molecule has 17 heavy (non-hydrogen) atoms. The Balaban J connectivity index is 2.96. The third-order valence-corrected chi connectivity index (χ3v) is 2.94. The highest BCUT2D eigenvalue weighted by Gasteiger charge is 2.18. The zero-order valence-electron chi connectivity index (χ0n) is 9.31. The SMILES string of the molecule is N#CCN(CC#N)C(CN)c1cccc(Br)c1. The van der Waals surface area contributed by atoms with Gasteiger partial charge >= 0.3 is 0 Å². The van der Waals surface area contributed by atoms with Crippen LogP contribution in [0.15, 0.2) is 28.7 Å². The molecule has 4 nitrogen and oxygen atoms in total. The Kier molecular flexibility index (Phi) is 5.65. The van der Waals surface area contributed by atoms with Crippen LogP contribution in [-0.2, 0) is 0 Å². The predicted molar refractivity (Wildman–Crippen MR) is 68.7 cm³/mol. The lowest BCUT2D eigenvalue weighted by molar-refractivity contribution is 0.254. The lowest BCUT2D eigenvalue weighted by Crippen LogP contribution is -2.34. The van der Waals surface area contributed by atoms with Gasteiger partial charge in [0.2, 0.25) is 0 Å². The van der Waals surface area contributed by atoms with E-state index >= 15 is 0 Å². The van der Waals surface area contributed by atoms with Gasteiger partial charge < -0.3 is 5.73 Å². The normalized spacial score (nSPS) is 11.8. The highest BCUT2D eigenvalue weighted by atomic mass is 79.9. The molecule has 1 unspecified atom stereocenters. The van der Waals surface area contributed by atoms with Crippen molar-refractivity contribution in [3.05, 3.63) is 34.3 Å². The summed E-state index contributed by atoms with van der Waals surface area (Å²) in [5, 5.41) is 17.5. The van der Waals surface area contributed by atoms with E-state index in [-0.39, 0.29) is 19.1 Å². The zero-order chi connectivity index (χ0) is 12.7. The first-order chi connectivity index (χ1) is 8.22. The third kappa shape index (κ3) is 3.83. The summed E-state index contributed by atoms with van der Waals surface area (Å²) in [4.78, 5) is 1.77. The van der Waals surface area contributed by atoms with Gasteiger partial charge in [0.25, 0.3) is 0 Å². The van der Waals surface area contributed by atoms with Gasteiger partial charge in [-0.25, -0.2) is 0 Å². The number of hydrogen-bond acceptors (Lipinski definition) is 4. The van der Waals surface area contributed by atoms with Crippen LogP contribution in [0.4, 0.5) is 0 Å². The maximum atomic E-state index is 8.76. The highest BCUT2D eigenvalue weighted by molar-refractivity contribution is 9.10. The summed E-state index contributed by atoms with van der Waals surface area (Å²) in [5.74, 6) is 0. The minimum absolute atomic E-state index is 0.105. The molecule has 1 atom stereocenters. The highest BCUT2D eigenvalue weighted by Crippen LogP contribution is 2.22. The summed E-state index contributed by atoms with van der Waals surface area (Å²) < 4.78 is 0.960. The fraction of sp³-hybridized carbons (Fsp3) is 0.333. The number of hydrogen-bond donors (Lipinski definition) is 1. The molecule has 0 bridgehead atoms. The number of nitrogens with two attached hydrogens (primary N) is 1. The molecule has 0 aliphatic rings. The smallest absolute Gasteiger partial charge is 0.0879 e. The van der Waals surface area contributed by atoms with Gasteiger partial charge in [0.05, 0.1) is 25.2 Å². The van der Waals surface area contributed by atoms with E-state index in [0.29, 0.717) is 6.54 Å².